The SMILES string of the molecule is Cc1cn2cc(-c3ccc(/N=C/c4cc(Br)c(O)c(Br)c4O)cc3)cc2cn1. The van der Waals surface area contributed by atoms with Gasteiger partial charge in [-0.3, -0.25) is 9.98 Å². The zero-order chi connectivity index (χ0) is 19.8. The largest absolute Gasteiger partial charge is 0.506 e. The van der Waals surface area contributed by atoms with Crippen molar-refractivity contribution in [1.29, 1.82) is 0 Å². The van der Waals surface area contributed by atoms with Crippen LogP contribution in [-0.2, 0) is 0 Å². The van der Waals surface area contributed by atoms with Crippen LogP contribution in [0, 0.1) is 6.92 Å². The monoisotopic (exact) mass is 499 g/mol. The van der Waals surface area contributed by atoms with E-state index >= 15 is 0 Å². The van der Waals surface area contributed by atoms with Crippen LogP contribution < -0.4 is 0 Å². The molecule has 0 amide bonds. The van der Waals surface area contributed by atoms with Gasteiger partial charge in [0.1, 0.15) is 16.0 Å². The highest BCUT2D eigenvalue weighted by atomic mass is 79.9. The maximum Gasteiger partial charge on any atom is 0.147 e. The molecule has 0 unspecified atom stereocenters. The minimum absolute atomic E-state index is 0.0515. The molecule has 0 aliphatic carbocycles. The summed E-state index contributed by atoms with van der Waals surface area (Å²) in [7, 11) is 0. The first-order valence-corrected chi connectivity index (χ1v) is 10.00. The third-order valence-electron chi connectivity index (χ3n) is 4.36. The van der Waals surface area contributed by atoms with Crippen LogP contribution in [0.2, 0.25) is 0 Å². The molecule has 0 saturated heterocycles. The van der Waals surface area contributed by atoms with E-state index in [1.807, 2.05) is 43.6 Å². The number of hydrogen-bond acceptors (Lipinski definition) is 4. The van der Waals surface area contributed by atoms with Crippen LogP contribution in [0.1, 0.15) is 11.3 Å². The second kappa shape index (κ2) is 7.41. The predicted molar refractivity (Wildman–Crippen MR) is 118 cm³/mol. The number of aryl methyl sites for hydroxylation is 1. The molecule has 140 valence electrons. The molecule has 0 aliphatic heterocycles. The Balaban J connectivity index is 1.60. The van der Waals surface area contributed by atoms with E-state index in [0.717, 1.165) is 28.0 Å². The summed E-state index contributed by atoms with van der Waals surface area (Å²) in [5.41, 5.74) is 5.44. The number of aromatic nitrogens is 2. The quantitative estimate of drug-likeness (QED) is 0.339. The number of aromatic hydroxyl groups is 2. The minimum atomic E-state index is -0.0644. The van der Waals surface area contributed by atoms with Crippen molar-refractivity contribution in [3.63, 3.8) is 0 Å². The summed E-state index contributed by atoms with van der Waals surface area (Å²) in [6.07, 6.45) is 7.49. The molecule has 0 bridgehead atoms. The lowest BCUT2D eigenvalue weighted by Gasteiger charge is -2.06. The van der Waals surface area contributed by atoms with Crippen molar-refractivity contribution in [2.24, 2.45) is 4.99 Å². The average Bonchev–Trinajstić information content (AvgIpc) is 3.11. The molecule has 2 aromatic carbocycles. The molecule has 2 aromatic heterocycles. The molecule has 0 radical (unpaired) electrons. The van der Waals surface area contributed by atoms with Crippen LogP contribution in [0.15, 0.2) is 68.9 Å². The highest BCUT2D eigenvalue weighted by Crippen LogP contribution is 2.40. The molecule has 0 spiro atoms. The van der Waals surface area contributed by atoms with E-state index in [1.165, 1.54) is 0 Å². The number of nitrogens with zero attached hydrogens (tertiary/aromatic N) is 3. The molecule has 28 heavy (non-hydrogen) atoms. The first-order chi connectivity index (χ1) is 13.4. The standard InChI is InChI=1S/C21H15Br2N3O2/c1-12-10-26-11-15(6-17(26)9-24-12)13-2-4-16(5-3-13)25-8-14-7-18(22)21(28)19(23)20(14)27/h2-11,27-28H,1H3/b25-8+. The second-order valence-electron chi connectivity index (χ2n) is 6.35. The fourth-order valence-electron chi connectivity index (χ4n) is 2.87. The van der Waals surface area contributed by atoms with Crippen molar-refractivity contribution in [2.45, 2.75) is 6.92 Å². The van der Waals surface area contributed by atoms with Gasteiger partial charge >= 0.3 is 0 Å². The molecule has 4 aromatic rings. The zero-order valence-corrected chi connectivity index (χ0v) is 17.9. The number of benzene rings is 2. The number of fused-ring (bicyclic) bond motifs is 1. The van der Waals surface area contributed by atoms with Crippen molar-refractivity contribution in [3.8, 4) is 22.6 Å². The van der Waals surface area contributed by atoms with Crippen LogP contribution in [0.5, 0.6) is 11.5 Å². The van der Waals surface area contributed by atoms with Gasteiger partial charge in [0, 0.05) is 29.7 Å². The molecule has 4 rings (SSSR count). The van der Waals surface area contributed by atoms with E-state index < -0.39 is 0 Å². The van der Waals surface area contributed by atoms with Gasteiger partial charge in [0.2, 0.25) is 0 Å². The maximum atomic E-state index is 10.1. The van der Waals surface area contributed by atoms with Gasteiger partial charge in [-0.15, -0.1) is 0 Å². The van der Waals surface area contributed by atoms with Crippen molar-refractivity contribution in [3.05, 3.63) is 75.2 Å². The lowest BCUT2D eigenvalue weighted by atomic mass is 10.1. The summed E-state index contributed by atoms with van der Waals surface area (Å²) in [6.45, 7) is 1.97. The summed E-state index contributed by atoms with van der Waals surface area (Å²) in [5, 5.41) is 19.9. The molecular formula is C21H15Br2N3O2. The smallest absolute Gasteiger partial charge is 0.147 e. The highest BCUT2D eigenvalue weighted by molar-refractivity contribution is 9.11. The van der Waals surface area contributed by atoms with Gasteiger partial charge in [-0.2, -0.15) is 0 Å². The van der Waals surface area contributed by atoms with Gasteiger partial charge in [0.15, 0.2) is 0 Å². The fraction of sp³-hybridized carbons (Fsp3) is 0.0476. The Labute approximate surface area is 178 Å². The predicted octanol–water partition coefficient (Wildman–Crippen LogP) is 6.00. The third-order valence-corrected chi connectivity index (χ3v) is 5.71. The van der Waals surface area contributed by atoms with E-state index in [-0.39, 0.29) is 16.0 Å². The Morgan fingerprint density at radius 3 is 2.50 bits per heavy atom. The van der Waals surface area contributed by atoms with Gasteiger partial charge in [-0.1, -0.05) is 12.1 Å². The van der Waals surface area contributed by atoms with E-state index in [1.54, 1.807) is 12.3 Å². The van der Waals surface area contributed by atoms with E-state index in [0.29, 0.717) is 10.0 Å². The Kier molecular flexibility index (Phi) is 4.95. The van der Waals surface area contributed by atoms with E-state index in [4.69, 9.17) is 0 Å². The molecule has 0 atom stereocenters. The van der Waals surface area contributed by atoms with Gasteiger partial charge in [0.25, 0.3) is 0 Å². The number of phenolic OH excluding ortho intramolecular Hbond substituents is 2. The third kappa shape index (κ3) is 3.55. The summed E-state index contributed by atoms with van der Waals surface area (Å²) in [5.74, 6) is -0.116. The van der Waals surface area contributed by atoms with E-state index in [2.05, 4.69) is 58.5 Å². The van der Waals surface area contributed by atoms with Gasteiger partial charge in [-0.05, 0) is 68.6 Å². The fourth-order valence-corrected chi connectivity index (χ4v) is 4.02. The average molecular weight is 501 g/mol. The summed E-state index contributed by atoms with van der Waals surface area (Å²) < 4.78 is 2.76. The molecule has 0 saturated carbocycles. The molecule has 0 aliphatic rings. The molecule has 0 fully saturated rings. The van der Waals surface area contributed by atoms with Crippen molar-refractivity contribution < 1.29 is 10.2 Å². The zero-order valence-electron chi connectivity index (χ0n) is 14.8. The Morgan fingerprint density at radius 1 is 1.00 bits per heavy atom. The van der Waals surface area contributed by atoms with Crippen LogP contribution in [0.3, 0.4) is 0 Å². The molecule has 7 heteroatoms. The molecule has 2 N–H and O–H groups in total. The Bertz CT molecular complexity index is 1210. The first-order valence-electron chi connectivity index (χ1n) is 8.41. The first kappa shape index (κ1) is 18.7. The summed E-state index contributed by atoms with van der Waals surface area (Å²) in [4.78, 5) is 8.74. The van der Waals surface area contributed by atoms with Gasteiger partial charge in [0.05, 0.1) is 27.6 Å². The van der Waals surface area contributed by atoms with Gasteiger partial charge < -0.3 is 14.6 Å². The normalized spacial score (nSPS) is 11.5. The maximum absolute atomic E-state index is 10.1. The number of aliphatic imine (C=N–C) groups is 1. The lowest BCUT2D eigenvalue weighted by molar-refractivity contribution is 0.442. The molecular weight excluding hydrogens is 486 g/mol. The van der Waals surface area contributed by atoms with E-state index in [9.17, 15) is 10.2 Å². The summed E-state index contributed by atoms with van der Waals surface area (Å²) in [6, 6.07) is 11.5. The van der Waals surface area contributed by atoms with Crippen LogP contribution in [0.4, 0.5) is 5.69 Å². The van der Waals surface area contributed by atoms with Crippen molar-refractivity contribution in [2.75, 3.05) is 0 Å². The number of hydrogen-bond donors (Lipinski definition) is 2. The summed E-state index contributed by atoms with van der Waals surface area (Å²) >= 11 is 6.42. The van der Waals surface area contributed by atoms with Crippen molar-refractivity contribution >= 4 is 49.3 Å². The Hall–Kier alpha value is -2.64. The van der Waals surface area contributed by atoms with Gasteiger partial charge in [-0.25, -0.2) is 0 Å². The lowest BCUT2D eigenvalue weighted by Crippen LogP contribution is -1.86. The molecule has 5 nitrogen and oxygen atoms in total. The number of phenols is 2. The second-order valence-corrected chi connectivity index (χ2v) is 8.00. The van der Waals surface area contributed by atoms with Crippen molar-refractivity contribution in [1.82, 2.24) is 9.38 Å². The Morgan fingerprint density at radius 2 is 1.75 bits per heavy atom. The van der Waals surface area contributed by atoms with Crippen LogP contribution in [0.25, 0.3) is 16.6 Å². The minimum Gasteiger partial charge on any atom is -0.506 e. The highest BCUT2D eigenvalue weighted by Gasteiger charge is 2.12. The molecule has 2 heterocycles. The number of rotatable bonds is 3. The number of halogens is 2. The topological polar surface area (TPSA) is 70.1 Å². The van der Waals surface area contributed by atoms with Crippen LogP contribution in [-0.4, -0.2) is 25.8 Å². The van der Waals surface area contributed by atoms with Crippen LogP contribution >= 0.6 is 31.9 Å².